The summed E-state index contributed by atoms with van der Waals surface area (Å²) in [5, 5.41) is 0. The van der Waals surface area contributed by atoms with Gasteiger partial charge >= 0.3 is 0 Å². The summed E-state index contributed by atoms with van der Waals surface area (Å²) in [7, 11) is 0. The third-order valence-corrected chi connectivity index (χ3v) is 4.39. The van der Waals surface area contributed by atoms with Gasteiger partial charge in [0.05, 0.1) is 4.90 Å². The van der Waals surface area contributed by atoms with Crippen LogP contribution >= 0.6 is 11.8 Å². The minimum absolute atomic E-state index is 0.179. The van der Waals surface area contributed by atoms with E-state index in [-0.39, 0.29) is 10.8 Å². The molecule has 1 aromatic carbocycles. The summed E-state index contributed by atoms with van der Waals surface area (Å²) in [6.07, 6.45) is 3.86. The Balaban J connectivity index is 2.89. The van der Waals surface area contributed by atoms with Crippen molar-refractivity contribution in [3.05, 3.63) is 29.3 Å². The van der Waals surface area contributed by atoms with Crippen LogP contribution in [0.1, 0.15) is 57.9 Å². The quantitative estimate of drug-likeness (QED) is 0.449. The monoisotopic (exact) mass is 272 g/mol. The van der Waals surface area contributed by atoms with Gasteiger partial charge in [0.25, 0.3) is 0 Å². The average Bonchev–Trinajstić information content (AvgIpc) is 2.34. The van der Waals surface area contributed by atoms with Crippen LogP contribution < -0.4 is 0 Å². The van der Waals surface area contributed by atoms with Gasteiger partial charge in [-0.3, -0.25) is 0 Å². The van der Waals surface area contributed by atoms with Gasteiger partial charge < -0.3 is 0 Å². The highest BCUT2D eigenvalue weighted by molar-refractivity contribution is 7.99. The molecule has 0 fully saturated rings. The molecule has 0 saturated heterocycles. The maximum Gasteiger partial charge on any atom is 0.140 e. The Kier molecular flexibility index (Phi) is 6.69. The van der Waals surface area contributed by atoms with Crippen LogP contribution in [0.15, 0.2) is 17.0 Å². The van der Waals surface area contributed by atoms with E-state index in [2.05, 4.69) is 6.92 Å². The molecule has 0 N–H and O–H groups in total. The van der Waals surface area contributed by atoms with Crippen molar-refractivity contribution < 1.29 is 8.78 Å². The van der Waals surface area contributed by atoms with Crippen LogP contribution in [0, 0.1) is 11.6 Å². The first-order valence-electron chi connectivity index (χ1n) is 6.75. The van der Waals surface area contributed by atoms with Gasteiger partial charge in [-0.25, -0.2) is 8.78 Å². The van der Waals surface area contributed by atoms with Crippen molar-refractivity contribution in [1.29, 1.82) is 0 Å². The largest absolute Gasteiger partial charge is 0.206 e. The Labute approximate surface area is 113 Å². The molecule has 0 aliphatic carbocycles. The molecule has 0 aromatic heterocycles. The zero-order valence-corrected chi connectivity index (χ0v) is 12.2. The molecule has 1 rings (SSSR count). The molecule has 18 heavy (non-hydrogen) atoms. The van der Waals surface area contributed by atoms with E-state index in [1.807, 2.05) is 13.8 Å². The molecule has 0 radical (unpaired) electrons. The average molecular weight is 272 g/mol. The molecule has 0 aliphatic heterocycles. The van der Waals surface area contributed by atoms with E-state index >= 15 is 0 Å². The third-order valence-electron chi connectivity index (χ3n) is 3.22. The number of hydrogen-bond donors (Lipinski definition) is 0. The summed E-state index contributed by atoms with van der Waals surface area (Å²) in [5.41, 5.74) is 0.787. The molecule has 0 heterocycles. The highest BCUT2D eigenvalue weighted by atomic mass is 32.2. The number of hydrogen-bond acceptors (Lipinski definition) is 1. The lowest BCUT2D eigenvalue weighted by Gasteiger charge is -2.14. The van der Waals surface area contributed by atoms with Gasteiger partial charge in [0.15, 0.2) is 0 Å². The Morgan fingerprint density at radius 2 is 1.61 bits per heavy atom. The standard InChI is InChI=1S/C15H22F2S/c1-4-7-8-18-15-13(16)9-12(10-14(15)17)11(5-2)6-3/h9-11H,4-8H2,1-3H3. The summed E-state index contributed by atoms with van der Waals surface area (Å²) in [4.78, 5) is 0.179. The Morgan fingerprint density at radius 3 is 2.06 bits per heavy atom. The molecule has 3 heteroatoms. The minimum Gasteiger partial charge on any atom is -0.206 e. The third kappa shape index (κ3) is 3.98. The van der Waals surface area contributed by atoms with Crippen molar-refractivity contribution in [1.82, 2.24) is 0 Å². The van der Waals surface area contributed by atoms with E-state index < -0.39 is 11.6 Å². The second-order valence-electron chi connectivity index (χ2n) is 4.53. The fourth-order valence-corrected chi connectivity index (χ4v) is 3.06. The first-order chi connectivity index (χ1) is 8.63. The van der Waals surface area contributed by atoms with E-state index in [1.165, 1.54) is 23.9 Å². The lowest BCUT2D eigenvalue weighted by Crippen LogP contribution is -1.99. The molecule has 0 bridgehead atoms. The molecule has 0 spiro atoms. The van der Waals surface area contributed by atoms with Gasteiger partial charge in [-0.05, 0) is 48.6 Å². The number of rotatable bonds is 7. The fraction of sp³-hybridized carbons (Fsp3) is 0.600. The van der Waals surface area contributed by atoms with Crippen LogP contribution in [0.25, 0.3) is 0 Å². The van der Waals surface area contributed by atoms with Crippen molar-refractivity contribution in [3.8, 4) is 0 Å². The first-order valence-corrected chi connectivity index (χ1v) is 7.74. The number of unbranched alkanes of at least 4 members (excludes halogenated alkanes) is 1. The highest BCUT2D eigenvalue weighted by Gasteiger charge is 2.15. The van der Waals surface area contributed by atoms with Gasteiger partial charge in [-0.2, -0.15) is 0 Å². The summed E-state index contributed by atoms with van der Waals surface area (Å²) in [6, 6.07) is 3.02. The number of thioether (sulfide) groups is 1. The Bertz CT molecular complexity index is 350. The maximum absolute atomic E-state index is 13.9. The molecule has 0 unspecified atom stereocenters. The van der Waals surface area contributed by atoms with E-state index in [4.69, 9.17) is 0 Å². The zero-order chi connectivity index (χ0) is 13.5. The normalized spacial score (nSPS) is 11.2. The first kappa shape index (κ1) is 15.5. The van der Waals surface area contributed by atoms with Crippen molar-refractivity contribution in [2.24, 2.45) is 0 Å². The van der Waals surface area contributed by atoms with Crippen molar-refractivity contribution in [2.75, 3.05) is 5.75 Å². The topological polar surface area (TPSA) is 0 Å². The van der Waals surface area contributed by atoms with Crippen molar-refractivity contribution >= 4 is 11.8 Å². The van der Waals surface area contributed by atoms with Gasteiger partial charge in [-0.1, -0.05) is 27.2 Å². The van der Waals surface area contributed by atoms with Gasteiger partial charge in [0, 0.05) is 0 Å². The van der Waals surface area contributed by atoms with E-state index in [9.17, 15) is 8.78 Å². The molecule has 0 amide bonds. The number of halogens is 2. The molecule has 0 aliphatic rings. The van der Waals surface area contributed by atoms with Gasteiger partial charge in [0.1, 0.15) is 11.6 Å². The van der Waals surface area contributed by atoms with E-state index in [1.54, 1.807) is 0 Å². The predicted octanol–water partition coefficient (Wildman–Crippen LogP) is 5.76. The van der Waals surface area contributed by atoms with Crippen LogP contribution in [-0.4, -0.2) is 5.75 Å². The van der Waals surface area contributed by atoms with Crippen LogP contribution in [0.2, 0.25) is 0 Å². The second kappa shape index (κ2) is 7.78. The molecule has 0 saturated carbocycles. The summed E-state index contributed by atoms with van der Waals surface area (Å²) in [5.74, 6) is 0.217. The molecular weight excluding hydrogens is 250 g/mol. The van der Waals surface area contributed by atoms with Gasteiger partial charge in [-0.15, -0.1) is 11.8 Å². The molecule has 0 atom stereocenters. The zero-order valence-electron chi connectivity index (χ0n) is 11.4. The Hall–Kier alpha value is -0.570. The van der Waals surface area contributed by atoms with Gasteiger partial charge in [0.2, 0.25) is 0 Å². The summed E-state index contributed by atoms with van der Waals surface area (Å²) < 4.78 is 27.8. The lowest BCUT2D eigenvalue weighted by molar-refractivity contribution is 0.528. The summed E-state index contributed by atoms with van der Waals surface area (Å²) >= 11 is 1.28. The van der Waals surface area contributed by atoms with Crippen LogP contribution in [0.4, 0.5) is 8.78 Å². The summed E-state index contributed by atoms with van der Waals surface area (Å²) in [6.45, 7) is 6.17. The number of benzene rings is 1. The highest BCUT2D eigenvalue weighted by Crippen LogP contribution is 2.31. The second-order valence-corrected chi connectivity index (χ2v) is 5.63. The maximum atomic E-state index is 13.9. The van der Waals surface area contributed by atoms with E-state index in [0.29, 0.717) is 0 Å². The SMILES string of the molecule is CCCCSc1c(F)cc(C(CC)CC)cc1F. The van der Waals surface area contributed by atoms with Crippen LogP contribution in [0.5, 0.6) is 0 Å². The molecule has 0 nitrogen and oxygen atoms in total. The Morgan fingerprint density at radius 1 is 1.06 bits per heavy atom. The molecule has 1 aromatic rings. The van der Waals surface area contributed by atoms with Crippen molar-refractivity contribution in [2.45, 2.75) is 57.3 Å². The smallest absolute Gasteiger partial charge is 0.140 e. The van der Waals surface area contributed by atoms with Crippen LogP contribution in [-0.2, 0) is 0 Å². The lowest BCUT2D eigenvalue weighted by atomic mass is 9.94. The van der Waals surface area contributed by atoms with Crippen molar-refractivity contribution in [3.63, 3.8) is 0 Å². The fourth-order valence-electron chi connectivity index (χ4n) is 2.03. The minimum atomic E-state index is -0.405. The molecule has 102 valence electrons. The van der Waals surface area contributed by atoms with Crippen LogP contribution in [0.3, 0.4) is 0 Å². The van der Waals surface area contributed by atoms with E-state index in [0.717, 1.165) is 37.0 Å². The molecular formula is C15H22F2S. The predicted molar refractivity (Wildman–Crippen MR) is 75.3 cm³/mol.